The lowest BCUT2D eigenvalue weighted by Gasteiger charge is -2.43. The molecule has 2 aromatic carbocycles. The Hall–Kier alpha value is -3.12. The van der Waals surface area contributed by atoms with E-state index in [0.29, 0.717) is 22.9 Å². The van der Waals surface area contributed by atoms with Crippen molar-refractivity contribution in [2.75, 3.05) is 4.90 Å². The van der Waals surface area contributed by atoms with Gasteiger partial charge in [-0.2, -0.15) is 5.10 Å². The summed E-state index contributed by atoms with van der Waals surface area (Å²) in [6, 6.07) is 16.7. The Kier molecular flexibility index (Phi) is 5.12. The third-order valence-electron chi connectivity index (χ3n) is 5.40. The molecule has 6 nitrogen and oxygen atoms in total. The Morgan fingerprint density at radius 3 is 2.60 bits per heavy atom. The topological polar surface area (TPSA) is 67.2 Å². The highest BCUT2D eigenvalue weighted by Gasteiger charge is 2.48. The fourth-order valence-electron chi connectivity index (χ4n) is 3.81. The fourth-order valence-corrected chi connectivity index (χ4v) is 3.99. The van der Waals surface area contributed by atoms with Crippen molar-refractivity contribution in [3.8, 4) is 0 Å². The lowest BCUT2D eigenvalue weighted by molar-refractivity contribution is -0.126. The summed E-state index contributed by atoms with van der Waals surface area (Å²) in [5.74, 6) is -0.535. The van der Waals surface area contributed by atoms with E-state index in [0.717, 1.165) is 16.8 Å². The van der Waals surface area contributed by atoms with Crippen molar-refractivity contribution in [1.82, 2.24) is 15.1 Å². The van der Waals surface area contributed by atoms with Crippen molar-refractivity contribution in [1.29, 1.82) is 0 Å². The highest BCUT2D eigenvalue weighted by molar-refractivity contribution is 6.31. The maximum absolute atomic E-state index is 13.4. The van der Waals surface area contributed by atoms with Crippen LogP contribution in [0.5, 0.6) is 0 Å². The van der Waals surface area contributed by atoms with Crippen molar-refractivity contribution in [3.05, 3.63) is 82.1 Å². The van der Waals surface area contributed by atoms with Crippen LogP contribution >= 0.6 is 11.6 Å². The van der Waals surface area contributed by atoms with Crippen molar-refractivity contribution in [2.24, 2.45) is 0 Å². The van der Waals surface area contributed by atoms with Gasteiger partial charge in [0.1, 0.15) is 11.2 Å². The third-order valence-corrected chi connectivity index (χ3v) is 5.64. The molecule has 0 spiro atoms. The lowest BCUT2D eigenvalue weighted by atomic mass is 9.94. The van der Waals surface area contributed by atoms with E-state index in [4.69, 9.17) is 11.6 Å². The molecule has 1 unspecified atom stereocenters. The van der Waals surface area contributed by atoms with Gasteiger partial charge in [0.05, 0.1) is 12.2 Å². The molecular weight excluding hydrogens is 400 g/mol. The molecule has 154 valence electrons. The van der Waals surface area contributed by atoms with Crippen LogP contribution in [0.3, 0.4) is 0 Å². The van der Waals surface area contributed by atoms with Gasteiger partial charge >= 0.3 is 0 Å². The van der Waals surface area contributed by atoms with Crippen molar-refractivity contribution in [3.63, 3.8) is 0 Å². The zero-order valence-electron chi connectivity index (χ0n) is 17.1. The van der Waals surface area contributed by atoms with Crippen LogP contribution in [0.25, 0.3) is 0 Å². The van der Waals surface area contributed by atoms with Gasteiger partial charge in [-0.05, 0) is 50.6 Å². The molecule has 7 heteroatoms. The number of rotatable bonds is 4. The first kappa shape index (κ1) is 20.2. The maximum atomic E-state index is 13.4. The van der Waals surface area contributed by atoms with E-state index >= 15 is 0 Å². The Bertz CT molecular complexity index is 1120. The maximum Gasteiger partial charge on any atom is 0.277 e. The number of hydrogen-bond acceptors (Lipinski definition) is 3. The van der Waals surface area contributed by atoms with Crippen molar-refractivity contribution >= 4 is 29.1 Å². The number of hydrogen-bond donors (Lipinski definition) is 1. The van der Waals surface area contributed by atoms with E-state index in [1.54, 1.807) is 41.9 Å². The molecule has 0 saturated carbocycles. The van der Waals surface area contributed by atoms with Gasteiger partial charge in [0.15, 0.2) is 0 Å². The Balaban J connectivity index is 1.70. The molecule has 2 amide bonds. The van der Waals surface area contributed by atoms with Gasteiger partial charge in [-0.3, -0.25) is 19.2 Å². The summed E-state index contributed by atoms with van der Waals surface area (Å²) in [6.07, 6.45) is 0. The minimum atomic E-state index is -1.17. The van der Waals surface area contributed by atoms with Crippen LogP contribution in [0.15, 0.2) is 54.6 Å². The molecule has 2 heterocycles. The molecule has 1 aliphatic heterocycles. The van der Waals surface area contributed by atoms with Crippen LogP contribution in [0.1, 0.15) is 34.2 Å². The van der Waals surface area contributed by atoms with E-state index in [9.17, 15) is 9.59 Å². The van der Waals surface area contributed by atoms with Gasteiger partial charge in [0.25, 0.3) is 5.91 Å². The second-order valence-corrected chi connectivity index (χ2v) is 8.33. The molecule has 0 fully saturated rings. The molecule has 0 bridgehead atoms. The standard InChI is InChI=1S/C23H23ClN4O2/c1-15-7-9-17(10-8-15)13-25-22(30)23(3)14-27-20(11-16(2)26-27)21(29)28(23)19-6-4-5-18(24)12-19/h4-12H,13-14H2,1-3H3,(H,25,30). The first-order valence-electron chi connectivity index (χ1n) is 9.76. The summed E-state index contributed by atoms with van der Waals surface area (Å²) in [6.45, 7) is 6.22. The number of nitrogens with zero attached hydrogens (tertiary/aromatic N) is 3. The molecular formula is C23H23ClN4O2. The Morgan fingerprint density at radius 1 is 1.17 bits per heavy atom. The number of aromatic nitrogens is 2. The van der Waals surface area contributed by atoms with Gasteiger partial charge in [0.2, 0.25) is 5.91 Å². The Labute approximate surface area is 180 Å². The highest BCUT2D eigenvalue weighted by atomic mass is 35.5. The number of anilines is 1. The van der Waals surface area contributed by atoms with Crippen molar-refractivity contribution in [2.45, 2.75) is 39.4 Å². The van der Waals surface area contributed by atoms with E-state index in [1.807, 2.05) is 38.1 Å². The summed E-state index contributed by atoms with van der Waals surface area (Å²) in [4.78, 5) is 28.4. The van der Waals surface area contributed by atoms with Gasteiger partial charge in [-0.25, -0.2) is 0 Å². The molecule has 1 atom stereocenters. The number of benzene rings is 2. The molecule has 0 radical (unpaired) electrons. The largest absolute Gasteiger partial charge is 0.350 e. The molecule has 3 aromatic rings. The number of nitrogens with one attached hydrogen (secondary N) is 1. The van der Waals surface area contributed by atoms with Crippen LogP contribution in [-0.2, 0) is 17.9 Å². The van der Waals surface area contributed by atoms with E-state index in [-0.39, 0.29) is 18.4 Å². The summed E-state index contributed by atoms with van der Waals surface area (Å²) >= 11 is 6.19. The zero-order chi connectivity index (χ0) is 21.5. The molecule has 1 N–H and O–H groups in total. The second kappa shape index (κ2) is 7.61. The smallest absolute Gasteiger partial charge is 0.277 e. The SMILES string of the molecule is Cc1ccc(CNC(=O)C2(C)Cn3nc(C)cc3C(=O)N2c2cccc(Cl)c2)cc1. The summed E-state index contributed by atoms with van der Waals surface area (Å²) in [5, 5.41) is 7.91. The van der Waals surface area contributed by atoms with Crippen LogP contribution in [-0.4, -0.2) is 27.1 Å². The average molecular weight is 423 g/mol. The number of aryl methyl sites for hydroxylation is 2. The number of fused-ring (bicyclic) bond motifs is 1. The summed E-state index contributed by atoms with van der Waals surface area (Å²) in [5.41, 5.74) is 2.74. The summed E-state index contributed by atoms with van der Waals surface area (Å²) < 4.78 is 1.62. The minimum absolute atomic E-state index is 0.244. The van der Waals surface area contributed by atoms with E-state index < -0.39 is 5.54 Å². The second-order valence-electron chi connectivity index (χ2n) is 7.89. The van der Waals surface area contributed by atoms with Crippen molar-refractivity contribution < 1.29 is 9.59 Å². The molecule has 0 saturated heterocycles. The average Bonchev–Trinajstić information content (AvgIpc) is 3.07. The molecule has 1 aliphatic rings. The monoisotopic (exact) mass is 422 g/mol. The summed E-state index contributed by atoms with van der Waals surface area (Å²) in [7, 11) is 0. The van der Waals surface area contributed by atoms with Crippen LogP contribution in [0, 0.1) is 13.8 Å². The van der Waals surface area contributed by atoms with Gasteiger partial charge in [-0.15, -0.1) is 0 Å². The van der Waals surface area contributed by atoms with Gasteiger partial charge in [-0.1, -0.05) is 47.5 Å². The van der Waals surface area contributed by atoms with Crippen LogP contribution in [0.2, 0.25) is 5.02 Å². The molecule has 4 rings (SSSR count). The number of amides is 2. The lowest BCUT2D eigenvalue weighted by Crippen LogP contribution is -2.64. The molecule has 30 heavy (non-hydrogen) atoms. The van der Waals surface area contributed by atoms with Crippen LogP contribution in [0.4, 0.5) is 5.69 Å². The van der Waals surface area contributed by atoms with Gasteiger partial charge < -0.3 is 5.32 Å². The predicted molar refractivity (Wildman–Crippen MR) is 117 cm³/mol. The number of halogens is 1. The van der Waals surface area contributed by atoms with Gasteiger partial charge in [0, 0.05) is 17.3 Å². The number of carbonyl (C=O) groups is 2. The molecule has 0 aliphatic carbocycles. The quantitative estimate of drug-likeness (QED) is 0.693. The van der Waals surface area contributed by atoms with Crippen LogP contribution < -0.4 is 10.2 Å². The first-order valence-corrected chi connectivity index (χ1v) is 10.1. The first-order chi connectivity index (χ1) is 14.3. The number of carbonyl (C=O) groups excluding carboxylic acids is 2. The third kappa shape index (κ3) is 3.59. The van der Waals surface area contributed by atoms with E-state index in [2.05, 4.69) is 10.4 Å². The zero-order valence-corrected chi connectivity index (χ0v) is 17.9. The molecule has 1 aromatic heterocycles. The fraction of sp³-hybridized carbons (Fsp3) is 0.261. The predicted octanol–water partition coefficient (Wildman–Crippen LogP) is 3.89. The minimum Gasteiger partial charge on any atom is -0.350 e. The highest BCUT2D eigenvalue weighted by Crippen LogP contribution is 2.34. The Morgan fingerprint density at radius 2 is 1.90 bits per heavy atom. The normalized spacial score (nSPS) is 18.3. The van der Waals surface area contributed by atoms with E-state index in [1.165, 1.54) is 4.90 Å².